The molecule has 1 N–H and O–H groups in total. The first-order valence-electron chi connectivity index (χ1n) is 6.16. The molecule has 94 valence electrons. The Bertz CT molecular complexity index is 213. The summed E-state index contributed by atoms with van der Waals surface area (Å²) in [6, 6.07) is 0.452. The van der Waals surface area contributed by atoms with Crippen molar-refractivity contribution in [2.75, 3.05) is 32.8 Å². The van der Waals surface area contributed by atoms with E-state index in [-0.39, 0.29) is 5.91 Å². The average Bonchev–Trinajstić information content (AvgIpc) is 2.25. The molecule has 1 saturated heterocycles. The van der Waals surface area contributed by atoms with Gasteiger partial charge in [-0.05, 0) is 12.3 Å². The van der Waals surface area contributed by atoms with Crippen molar-refractivity contribution in [3.63, 3.8) is 0 Å². The van der Waals surface area contributed by atoms with E-state index in [4.69, 9.17) is 4.74 Å². The van der Waals surface area contributed by atoms with Gasteiger partial charge in [0.15, 0.2) is 0 Å². The fourth-order valence-electron chi connectivity index (χ4n) is 2.11. The molecule has 0 aromatic carbocycles. The van der Waals surface area contributed by atoms with E-state index in [1.54, 1.807) is 6.92 Å². The molecule has 16 heavy (non-hydrogen) atoms. The van der Waals surface area contributed by atoms with Gasteiger partial charge >= 0.3 is 0 Å². The van der Waals surface area contributed by atoms with E-state index in [9.17, 15) is 4.79 Å². The summed E-state index contributed by atoms with van der Waals surface area (Å²) < 4.78 is 5.35. The first kappa shape index (κ1) is 13.5. The zero-order chi connectivity index (χ0) is 12.0. The second-order valence-corrected chi connectivity index (χ2v) is 4.87. The molecular formula is C12H24N2O2. The Hall–Kier alpha value is -0.610. The lowest BCUT2D eigenvalue weighted by Gasteiger charge is -2.35. The van der Waals surface area contributed by atoms with Crippen LogP contribution in [0.3, 0.4) is 0 Å². The maximum atomic E-state index is 11.0. The quantitative estimate of drug-likeness (QED) is 0.759. The van der Waals surface area contributed by atoms with Crippen LogP contribution in [0.15, 0.2) is 0 Å². The lowest BCUT2D eigenvalue weighted by atomic mass is 10.0. The summed E-state index contributed by atoms with van der Waals surface area (Å²) in [6.07, 6.45) is 1.13. The molecule has 0 saturated carbocycles. The largest absolute Gasteiger partial charge is 0.379 e. The van der Waals surface area contributed by atoms with Crippen LogP contribution >= 0.6 is 0 Å². The van der Waals surface area contributed by atoms with Crippen LogP contribution in [0.2, 0.25) is 0 Å². The molecule has 1 rings (SSSR count). The molecule has 0 bridgehead atoms. The number of morpholine rings is 1. The van der Waals surface area contributed by atoms with Crippen molar-refractivity contribution < 1.29 is 9.53 Å². The first-order chi connectivity index (χ1) is 7.59. The number of nitrogens with zero attached hydrogens (tertiary/aromatic N) is 1. The number of ether oxygens (including phenoxy) is 1. The fourth-order valence-corrected chi connectivity index (χ4v) is 2.11. The molecule has 1 fully saturated rings. The van der Waals surface area contributed by atoms with E-state index in [1.165, 1.54) is 0 Å². The van der Waals surface area contributed by atoms with Gasteiger partial charge in [0.1, 0.15) is 0 Å². The lowest BCUT2D eigenvalue weighted by molar-refractivity contribution is -0.119. The number of amides is 1. The lowest BCUT2D eigenvalue weighted by Crippen LogP contribution is -2.49. The van der Waals surface area contributed by atoms with Crippen molar-refractivity contribution in [2.24, 2.45) is 5.92 Å². The van der Waals surface area contributed by atoms with Gasteiger partial charge in [-0.2, -0.15) is 0 Å². The highest BCUT2D eigenvalue weighted by Crippen LogP contribution is 2.12. The molecule has 1 amide bonds. The zero-order valence-electron chi connectivity index (χ0n) is 10.7. The highest BCUT2D eigenvalue weighted by Gasteiger charge is 2.21. The van der Waals surface area contributed by atoms with E-state index < -0.39 is 0 Å². The summed E-state index contributed by atoms with van der Waals surface area (Å²) in [6.45, 7) is 10.4. The molecule has 1 atom stereocenters. The van der Waals surface area contributed by atoms with Gasteiger partial charge in [0.05, 0.1) is 13.2 Å². The first-order valence-corrected chi connectivity index (χ1v) is 6.16. The number of hydrogen-bond donors (Lipinski definition) is 1. The van der Waals surface area contributed by atoms with Crippen LogP contribution in [0, 0.1) is 5.92 Å². The molecular weight excluding hydrogens is 204 g/mol. The summed E-state index contributed by atoms with van der Waals surface area (Å²) in [7, 11) is 0. The molecule has 4 heteroatoms. The maximum Gasteiger partial charge on any atom is 0.216 e. The standard InChI is InChI=1S/C12H24N2O2/c1-10(2)8-12(9-13-11(3)15)14-4-6-16-7-5-14/h10,12H,4-9H2,1-3H3,(H,13,15). The summed E-state index contributed by atoms with van der Waals surface area (Å²) in [5.74, 6) is 0.712. The van der Waals surface area contributed by atoms with Crippen molar-refractivity contribution >= 4 is 5.91 Å². The second-order valence-electron chi connectivity index (χ2n) is 4.87. The van der Waals surface area contributed by atoms with Crippen molar-refractivity contribution in [3.05, 3.63) is 0 Å². The maximum absolute atomic E-state index is 11.0. The van der Waals surface area contributed by atoms with Gasteiger partial charge in [0.25, 0.3) is 0 Å². The predicted molar refractivity (Wildman–Crippen MR) is 64.3 cm³/mol. The Morgan fingerprint density at radius 1 is 1.38 bits per heavy atom. The molecule has 4 nitrogen and oxygen atoms in total. The third-order valence-corrected chi connectivity index (χ3v) is 2.89. The molecule has 0 aromatic rings. The van der Waals surface area contributed by atoms with Crippen molar-refractivity contribution in [3.8, 4) is 0 Å². The number of carbonyl (C=O) groups excluding carboxylic acids is 1. The van der Waals surface area contributed by atoms with Crippen molar-refractivity contribution in [1.82, 2.24) is 10.2 Å². The summed E-state index contributed by atoms with van der Waals surface area (Å²) >= 11 is 0. The van der Waals surface area contributed by atoms with Gasteiger partial charge in [-0.3, -0.25) is 9.69 Å². The van der Waals surface area contributed by atoms with Crippen LogP contribution in [0.25, 0.3) is 0 Å². The number of nitrogens with one attached hydrogen (secondary N) is 1. The Kier molecular flexibility index (Phi) is 5.77. The number of carbonyl (C=O) groups is 1. The molecule has 0 aliphatic carbocycles. The van der Waals surface area contributed by atoms with Crippen LogP contribution in [0.4, 0.5) is 0 Å². The normalized spacial score (nSPS) is 19.8. The molecule has 0 spiro atoms. The second kappa shape index (κ2) is 6.86. The monoisotopic (exact) mass is 228 g/mol. The van der Waals surface area contributed by atoms with Gasteiger partial charge in [-0.1, -0.05) is 13.8 Å². The van der Waals surface area contributed by atoms with E-state index >= 15 is 0 Å². The van der Waals surface area contributed by atoms with Crippen LogP contribution in [-0.4, -0.2) is 49.7 Å². The Labute approximate surface area is 98.3 Å². The third-order valence-electron chi connectivity index (χ3n) is 2.89. The van der Waals surface area contributed by atoms with Crippen LogP contribution in [0.5, 0.6) is 0 Å². The van der Waals surface area contributed by atoms with Crippen LogP contribution < -0.4 is 5.32 Å². The summed E-state index contributed by atoms with van der Waals surface area (Å²) in [5.41, 5.74) is 0. The molecule has 1 heterocycles. The molecule has 1 aliphatic heterocycles. The minimum atomic E-state index is 0.0574. The van der Waals surface area contributed by atoms with Gasteiger partial charge < -0.3 is 10.1 Å². The highest BCUT2D eigenvalue weighted by molar-refractivity contribution is 5.72. The van der Waals surface area contributed by atoms with E-state index in [2.05, 4.69) is 24.1 Å². The SMILES string of the molecule is CC(=O)NCC(CC(C)C)N1CCOCC1. The minimum Gasteiger partial charge on any atom is -0.379 e. The topological polar surface area (TPSA) is 41.6 Å². The predicted octanol–water partition coefficient (Wildman–Crippen LogP) is 0.869. The van der Waals surface area contributed by atoms with E-state index in [0.717, 1.165) is 39.3 Å². The van der Waals surface area contributed by atoms with Gasteiger partial charge in [0, 0.05) is 32.6 Å². The number of hydrogen-bond acceptors (Lipinski definition) is 3. The van der Waals surface area contributed by atoms with Gasteiger partial charge in [-0.25, -0.2) is 0 Å². The average molecular weight is 228 g/mol. The van der Waals surface area contributed by atoms with Crippen LogP contribution in [-0.2, 0) is 9.53 Å². The smallest absolute Gasteiger partial charge is 0.216 e. The summed E-state index contributed by atoms with van der Waals surface area (Å²) in [5, 5.41) is 2.93. The van der Waals surface area contributed by atoms with E-state index in [1.807, 2.05) is 0 Å². The molecule has 1 aliphatic rings. The Morgan fingerprint density at radius 2 is 2.00 bits per heavy atom. The van der Waals surface area contributed by atoms with Crippen LogP contribution in [0.1, 0.15) is 27.2 Å². The van der Waals surface area contributed by atoms with E-state index in [0.29, 0.717) is 12.0 Å². The molecule has 0 aromatic heterocycles. The Morgan fingerprint density at radius 3 is 2.50 bits per heavy atom. The highest BCUT2D eigenvalue weighted by atomic mass is 16.5. The van der Waals surface area contributed by atoms with Gasteiger partial charge in [0.2, 0.25) is 5.91 Å². The molecule has 1 unspecified atom stereocenters. The summed E-state index contributed by atoms with van der Waals surface area (Å²) in [4.78, 5) is 13.4. The Balaban J connectivity index is 2.43. The van der Waals surface area contributed by atoms with Crippen molar-refractivity contribution in [2.45, 2.75) is 33.2 Å². The zero-order valence-corrected chi connectivity index (χ0v) is 10.7. The molecule has 0 radical (unpaired) electrons. The van der Waals surface area contributed by atoms with Crippen molar-refractivity contribution in [1.29, 1.82) is 0 Å². The number of rotatable bonds is 5. The fraction of sp³-hybridized carbons (Fsp3) is 0.917. The minimum absolute atomic E-state index is 0.0574. The third kappa shape index (κ3) is 4.94. The van der Waals surface area contributed by atoms with Gasteiger partial charge in [-0.15, -0.1) is 0 Å².